The van der Waals surface area contributed by atoms with Gasteiger partial charge in [-0.15, -0.1) is 0 Å². The molecule has 1 amide bonds. The highest BCUT2D eigenvalue weighted by molar-refractivity contribution is 6.30. The normalized spacial score (nSPS) is 11.8. The first-order valence-electron chi connectivity index (χ1n) is 9.00. The molecule has 0 aliphatic rings. The van der Waals surface area contributed by atoms with Gasteiger partial charge in [-0.05, 0) is 36.8 Å². The van der Waals surface area contributed by atoms with Crippen molar-refractivity contribution >= 4 is 29.1 Å². The molecule has 3 aromatic rings. The number of fused-ring (bicyclic) bond motifs is 1. The molecule has 0 bridgehead atoms. The Morgan fingerprint density at radius 3 is 2.62 bits per heavy atom. The number of benzene rings is 1. The van der Waals surface area contributed by atoms with Gasteiger partial charge in [0, 0.05) is 23.7 Å². The van der Waals surface area contributed by atoms with Gasteiger partial charge in [0.25, 0.3) is 5.56 Å². The number of carbonyl (C=O) groups excluding carboxylic acids is 2. The van der Waals surface area contributed by atoms with E-state index in [-0.39, 0.29) is 24.5 Å². The first kappa shape index (κ1) is 20.5. The van der Waals surface area contributed by atoms with Crippen molar-refractivity contribution in [2.24, 2.45) is 0 Å². The SMILES string of the molecule is CC(=O)NC(CC(=O)OCc1cc(=O)n2c(C)cccc2n1)c1ccc(Cl)cc1. The van der Waals surface area contributed by atoms with Crippen LogP contribution in [0, 0.1) is 6.92 Å². The molecule has 8 heteroatoms. The number of pyridine rings is 1. The topological polar surface area (TPSA) is 89.8 Å². The molecular weight excluding hydrogens is 394 g/mol. The second kappa shape index (κ2) is 8.87. The van der Waals surface area contributed by atoms with E-state index in [4.69, 9.17) is 16.3 Å². The minimum absolute atomic E-state index is 0.0626. The van der Waals surface area contributed by atoms with Crippen LogP contribution < -0.4 is 10.9 Å². The molecule has 3 rings (SSSR count). The van der Waals surface area contributed by atoms with Gasteiger partial charge < -0.3 is 10.1 Å². The Balaban J connectivity index is 1.70. The Kier molecular flexibility index (Phi) is 6.29. The van der Waals surface area contributed by atoms with Crippen molar-refractivity contribution < 1.29 is 14.3 Å². The third kappa shape index (κ3) is 5.20. The highest BCUT2D eigenvalue weighted by atomic mass is 35.5. The number of amides is 1. The molecule has 0 spiro atoms. The van der Waals surface area contributed by atoms with Crippen LogP contribution in [0.3, 0.4) is 0 Å². The molecular formula is C21H20ClN3O4. The van der Waals surface area contributed by atoms with Gasteiger partial charge in [-0.2, -0.15) is 0 Å². The minimum Gasteiger partial charge on any atom is -0.459 e. The van der Waals surface area contributed by atoms with Crippen molar-refractivity contribution in [1.82, 2.24) is 14.7 Å². The van der Waals surface area contributed by atoms with E-state index in [1.807, 2.05) is 13.0 Å². The number of carbonyl (C=O) groups is 2. The lowest BCUT2D eigenvalue weighted by Gasteiger charge is -2.17. The smallest absolute Gasteiger partial charge is 0.308 e. The first-order chi connectivity index (χ1) is 13.8. The van der Waals surface area contributed by atoms with Crippen LogP contribution in [-0.2, 0) is 20.9 Å². The highest BCUT2D eigenvalue weighted by Gasteiger charge is 2.18. The van der Waals surface area contributed by atoms with Crippen LogP contribution in [0.4, 0.5) is 0 Å². The number of aryl methyl sites for hydroxylation is 1. The summed E-state index contributed by atoms with van der Waals surface area (Å²) in [5, 5.41) is 3.29. The molecule has 1 N–H and O–H groups in total. The maximum atomic E-state index is 12.3. The van der Waals surface area contributed by atoms with Crippen LogP contribution >= 0.6 is 11.6 Å². The van der Waals surface area contributed by atoms with Gasteiger partial charge in [0.1, 0.15) is 12.3 Å². The van der Waals surface area contributed by atoms with Crippen LogP contribution in [0.25, 0.3) is 5.65 Å². The summed E-state index contributed by atoms with van der Waals surface area (Å²) in [6.45, 7) is 3.06. The summed E-state index contributed by atoms with van der Waals surface area (Å²) < 4.78 is 6.78. The van der Waals surface area contributed by atoms with Crippen LogP contribution in [0.2, 0.25) is 5.02 Å². The third-order valence-electron chi connectivity index (χ3n) is 4.33. The van der Waals surface area contributed by atoms with E-state index in [2.05, 4.69) is 10.3 Å². The Morgan fingerprint density at radius 2 is 1.93 bits per heavy atom. The second-order valence-corrected chi connectivity index (χ2v) is 7.05. The minimum atomic E-state index is -0.546. The van der Waals surface area contributed by atoms with Gasteiger partial charge in [0.2, 0.25) is 5.91 Å². The monoisotopic (exact) mass is 413 g/mol. The van der Waals surface area contributed by atoms with E-state index >= 15 is 0 Å². The van der Waals surface area contributed by atoms with Crippen molar-refractivity contribution in [1.29, 1.82) is 0 Å². The second-order valence-electron chi connectivity index (χ2n) is 6.62. The molecule has 2 heterocycles. The summed E-state index contributed by atoms with van der Waals surface area (Å²) in [4.78, 5) is 40.5. The van der Waals surface area contributed by atoms with Crippen LogP contribution in [0.1, 0.15) is 36.3 Å². The lowest BCUT2D eigenvalue weighted by Crippen LogP contribution is -2.28. The molecule has 150 valence electrons. The number of hydrogen-bond donors (Lipinski definition) is 1. The Hall–Kier alpha value is -3.19. The standard InChI is InChI=1S/C21H20ClN3O4/c1-13-4-3-5-19-24-17(10-20(27)25(13)19)12-29-21(28)11-18(23-14(2)26)15-6-8-16(22)9-7-15/h3-10,18H,11-12H2,1-2H3,(H,23,26). The molecule has 1 atom stereocenters. The van der Waals surface area contributed by atoms with Crippen molar-refractivity contribution in [3.05, 3.63) is 80.9 Å². The molecule has 1 unspecified atom stereocenters. The number of nitrogens with zero attached hydrogens (tertiary/aromatic N) is 2. The molecule has 0 aliphatic carbocycles. The lowest BCUT2D eigenvalue weighted by atomic mass is 10.0. The van der Waals surface area contributed by atoms with E-state index in [1.54, 1.807) is 36.4 Å². The fourth-order valence-electron chi connectivity index (χ4n) is 3.01. The molecule has 0 saturated heterocycles. The van der Waals surface area contributed by atoms with Gasteiger partial charge in [0.15, 0.2) is 0 Å². The van der Waals surface area contributed by atoms with E-state index < -0.39 is 12.0 Å². The third-order valence-corrected chi connectivity index (χ3v) is 4.59. The van der Waals surface area contributed by atoms with Crippen molar-refractivity contribution in [2.45, 2.75) is 32.9 Å². The summed E-state index contributed by atoms with van der Waals surface area (Å²) in [6, 6.07) is 13.0. The predicted octanol–water partition coefficient (Wildman–Crippen LogP) is 2.97. The average Bonchev–Trinajstić information content (AvgIpc) is 2.66. The molecule has 0 saturated carbocycles. The Morgan fingerprint density at radius 1 is 1.21 bits per heavy atom. The van der Waals surface area contributed by atoms with Crippen LogP contribution in [0.5, 0.6) is 0 Å². The number of esters is 1. The molecule has 0 radical (unpaired) electrons. The summed E-state index contributed by atoms with van der Waals surface area (Å²) in [5.74, 6) is -0.790. The Bertz CT molecular complexity index is 1110. The van der Waals surface area contributed by atoms with Crippen LogP contribution in [0.15, 0.2) is 53.3 Å². The number of aromatic nitrogens is 2. The highest BCUT2D eigenvalue weighted by Crippen LogP contribution is 2.20. The maximum absolute atomic E-state index is 12.3. The van der Waals surface area contributed by atoms with Crippen molar-refractivity contribution in [3.8, 4) is 0 Å². The maximum Gasteiger partial charge on any atom is 0.308 e. The largest absolute Gasteiger partial charge is 0.459 e. The van der Waals surface area contributed by atoms with Gasteiger partial charge in [0.05, 0.1) is 18.2 Å². The number of nitrogens with one attached hydrogen (secondary N) is 1. The molecule has 0 fully saturated rings. The zero-order chi connectivity index (χ0) is 21.0. The molecule has 7 nitrogen and oxygen atoms in total. The van der Waals surface area contributed by atoms with E-state index in [0.29, 0.717) is 16.4 Å². The summed E-state index contributed by atoms with van der Waals surface area (Å²) in [7, 11) is 0. The number of halogens is 1. The van der Waals surface area contributed by atoms with Gasteiger partial charge in [-0.1, -0.05) is 29.8 Å². The summed E-state index contributed by atoms with van der Waals surface area (Å²) in [6.07, 6.45) is -0.0626. The predicted molar refractivity (Wildman–Crippen MR) is 109 cm³/mol. The number of rotatable bonds is 6. The van der Waals surface area contributed by atoms with E-state index in [9.17, 15) is 14.4 Å². The quantitative estimate of drug-likeness (QED) is 0.627. The zero-order valence-corrected chi connectivity index (χ0v) is 16.8. The average molecular weight is 414 g/mol. The number of hydrogen-bond acceptors (Lipinski definition) is 5. The fraction of sp³-hybridized carbons (Fsp3) is 0.238. The molecule has 29 heavy (non-hydrogen) atoms. The molecule has 0 aliphatic heterocycles. The zero-order valence-electron chi connectivity index (χ0n) is 16.0. The van der Waals surface area contributed by atoms with Gasteiger partial charge in [-0.3, -0.25) is 18.8 Å². The Labute approximate surface area is 172 Å². The van der Waals surface area contributed by atoms with Gasteiger partial charge in [-0.25, -0.2) is 4.98 Å². The molecule has 2 aromatic heterocycles. The summed E-state index contributed by atoms with van der Waals surface area (Å²) >= 11 is 5.90. The van der Waals surface area contributed by atoms with Crippen molar-refractivity contribution in [3.63, 3.8) is 0 Å². The lowest BCUT2D eigenvalue weighted by molar-refractivity contribution is -0.145. The fourth-order valence-corrected chi connectivity index (χ4v) is 3.14. The summed E-state index contributed by atoms with van der Waals surface area (Å²) in [5.41, 5.74) is 2.11. The van der Waals surface area contributed by atoms with Crippen molar-refractivity contribution in [2.75, 3.05) is 0 Å². The molecule has 1 aromatic carbocycles. The first-order valence-corrected chi connectivity index (χ1v) is 9.38. The van der Waals surface area contributed by atoms with E-state index in [0.717, 1.165) is 11.3 Å². The number of ether oxygens (including phenoxy) is 1. The van der Waals surface area contributed by atoms with Gasteiger partial charge >= 0.3 is 5.97 Å². The van der Waals surface area contributed by atoms with Crippen LogP contribution in [-0.4, -0.2) is 21.3 Å². The van der Waals surface area contributed by atoms with E-state index in [1.165, 1.54) is 17.4 Å².